The van der Waals surface area contributed by atoms with Crippen LogP contribution in [0.1, 0.15) is 53.9 Å². The molecule has 0 saturated heterocycles. The van der Waals surface area contributed by atoms with Crippen molar-refractivity contribution in [2.24, 2.45) is 16.7 Å². The van der Waals surface area contributed by atoms with E-state index in [9.17, 15) is 0 Å². The lowest BCUT2D eigenvalue weighted by molar-refractivity contribution is 0.0999. The molecule has 2 atom stereocenters. The van der Waals surface area contributed by atoms with Gasteiger partial charge in [0.05, 0.1) is 0 Å². The van der Waals surface area contributed by atoms with Crippen LogP contribution in [0.3, 0.4) is 0 Å². The van der Waals surface area contributed by atoms with Crippen molar-refractivity contribution in [1.29, 1.82) is 0 Å². The maximum Gasteiger partial charge on any atom is 0.0105 e. The summed E-state index contributed by atoms with van der Waals surface area (Å²) in [6, 6.07) is 0.709. The van der Waals surface area contributed by atoms with Gasteiger partial charge in [-0.15, -0.1) is 0 Å². The first-order chi connectivity index (χ1) is 8.13. The minimum Gasteiger partial charge on any atom is -0.317 e. The average molecular weight is 254 g/mol. The van der Waals surface area contributed by atoms with Gasteiger partial charge in [0.15, 0.2) is 0 Å². The highest BCUT2D eigenvalue weighted by atomic mass is 15.1. The van der Waals surface area contributed by atoms with Crippen molar-refractivity contribution in [2.75, 3.05) is 27.2 Å². The van der Waals surface area contributed by atoms with Crippen LogP contribution in [0, 0.1) is 16.7 Å². The smallest absolute Gasteiger partial charge is 0.0105 e. The van der Waals surface area contributed by atoms with Crippen molar-refractivity contribution in [3.05, 3.63) is 0 Å². The average Bonchev–Trinajstić information content (AvgIpc) is 2.13. The molecule has 0 aromatic carbocycles. The van der Waals surface area contributed by atoms with Crippen LogP contribution in [0.25, 0.3) is 0 Å². The van der Waals surface area contributed by atoms with E-state index in [0.717, 1.165) is 5.92 Å². The first-order valence-electron chi connectivity index (χ1n) is 7.49. The van der Waals surface area contributed by atoms with Gasteiger partial charge in [-0.1, -0.05) is 34.6 Å². The number of hydrogen-bond donors (Lipinski definition) is 1. The summed E-state index contributed by atoms with van der Waals surface area (Å²) >= 11 is 0. The fourth-order valence-electron chi connectivity index (χ4n) is 3.58. The van der Waals surface area contributed by atoms with Crippen molar-refractivity contribution in [3.8, 4) is 0 Å². The zero-order valence-electron chi connectivity index (χ0n) is 13.6. The third kappa shape index (κ3) is 5.27. The molecule has 0 amide bonds. The third-order valence-electron chi connectivity index (χ3n) is 4.18. The Hall–Kier alpha value is -0.0800. The van der Waals surface area contributed by atoms with Crippen LogP contribution < -0.4 is 5.32 Å². The van der Waals surface area contributed by atoms with Crippen LogP contribution in [-0.2, 0) is 0 Å². The molecule has 1 saturated carbocycles. The molecule has 2 heteroatoms. The van der Waals surface area contributed by atoms with Gasteiger partial charge in [0, 0.05) is 19.1 Å². The van der Waals surface area contributed by atoms with E-state index in [0.29, 0.717) is 16.9 Å². The van der Waals surface area contributed by atoms with Gasteiger partial charge in [-0.2, -0.15) is 0 Å². The first-order valence-corrected chi connectivity index (χ1v) is 7.49. The molecule has 1 fully saturated rings. The van der Waals surface area contributed by atoms with Gasteiger partial charge >= 0.3 is 0 Å². The third-order valence-corrected chi connectivity index (χ3v) is 4.18. The van der Waals surface area contributed by atoms with E-state index >= 15 is 0 Å². The summed E-state index contributed by atoms with van der Waals surface area (Å²) in [7, 11) is 4.40. The summed E-state index contributed by atoms with van der Waals surface area (Å²) in [5.41, 5.74) is 0.925. The highest BCUT2D eigenvalue weighted by molar-refractivity contribution is 4.89. The van der Waals surface area contributed by atoms with E-state index < -0.39 is 0 Å². The van der Waals surface area contributed by atoms with Crippen molar-refractivity contribution < 1.29 is 0 Å². The Labute approximate surface area is 115 Å². The highest BCUT2D eigenvalue weighted by Crippen LogP contribution is 2.39. The van der Waals surface area contributed by atoms with Crippen LogP contribution in [0.15, 0.2) is 0 Å². The summed E-state index contributed by atoms with van der Waals surface area (Å²) in [5.74, 6) is 0.797. The molecule has 2 nitrogen and oxygen atoms in total. The minimum absolute atomic E-state index is 0.397. The van der Waals surface area contributed by atoms with E-state index in [4.69, 9.17) is 0 Å². The summed E-state index contributed by atoms with van der Waals surface area (Å²) < 4.78 is 0. The molecule has 1 rings (SSSR count). The van der Waals surface area contributed by atoms with Gasteiger partial charge in [0.1, 0.15) is 0 Å². The Kier molecular flexibility index (Phi) is 5.25. The molecule has 2 unspecified atom stereocenters. The molecule has 0 aliphatic heterocycles. The van der Waals surface area contributed by atoms with Crippen LogP contribution >= 0.6 is 0 Å². The maximum atomic E-state index is 3.53. The normalized spacial score (nSPS) is 28.7. The predicted octanol–water partition coefficient (Wildman–Crippen LogP) is 3.38. The first kappa shape index (κ1) is 16.0. The van der Waals surface area contributed by atoms with E-state index in [-0.39, 0.29) is 0 Å². The molecule has 108 valence electrons. The summed E-state index contributed by atoms with van der Waals surface area (Å²) in [4.78, 5) is 2.52. The topological polar surface area (TPSA) is 15.3 Å². The quantitative estimate of drug-likeness (QED) is 0.827. The summed E-state index contributed by atoms with van der Waals surface area (Å²) in [6.07, 6.45) is 4.04. The van der Waals surface area contributed by atoms with Crippen LogP contribution in [0.4, 0.5) is 0 Å². The van der Waals surface area contributed by atoms with Crippen molar-refractivity contribution in [3.63, 3.8) is 0 Å². The summed E-state index contributed by atoms with van der Waals surface area (Å²) in [5, 5.41) is 3.53. The van der Waals surface area contributed by atoms with E-state index in [1.807, 2.05) is 0 Å². The molecule has 1 aliphatic rings. The molecular formula is C16H34N2. The Bertz CT molecular complexity index is 252. The molecule has 18 heavy (non-hydrogen) atoms. The monoisotopic (exact) mass is 254 g/mol. The molecule has 0 spiro atoms. The lowest BCUT2D eigenvalue weighted by Crippen LogP contribution is -2.46. The Morgan fingerprint density at radius 1 is 1.28 bits per heavy atom. The van der Waals surface area contributed by atoms with E-state index in [2.05, 4.69) is 58.9 Å². The maximum absolute atomic E-state index is 3.53. The number of nitrogens with one attached hydrogen (secondary N) is 1. The Morgan fingerprint density at radius 2 is 1.89 bits per heavy atom. The van der Waals surface area contributed by atoms with Crippen molar-refractivity contribution >= 4 is 0 Å². The van der Waals surface area contributed by atoms with E-state index in [1.54, 1.807) is 0 Å². The molecule has 1 aliphatic carbocycles. The van der Waals surface area contributed by atoms with Crippen LogP contribution in [0.5, 0.6) is 0 Å². The van der Waals surface area contributed by atoms with Gasteiger partial charge in [0.2, 0.25) is 0 Å². The zero-order valence-corrected chi connectivity index (χ0v) is 13.6. The predicted molar refractivity (Wildman–Crippen MR) is 80.9 cm³/mol. The molecule has 1 N–H and O–H groups in total. The summed E-state index contributed by atoms with van der Waals surface area (Å²) in [6.45, 7) is 14.2. The molecule has 0 aromatic rings. The van der Waals surface area contributed by atoms with Gasteiger partial charge in [-0.25, -0.2) is 0 Å². The Balaban J connectivity index is 2.56. The van der Waals surface area contributed by atoms with Crippen LogP contribution in [-0.4, -0.2) is 38.1 Å². The van der Waals surface area contributed by atoms with Gasteiger partial charge < -0.3 is 10.2 Å². The fraction of sp³-hybridized carbons (Fsp3) is 1.00. The van der Waals surface area contributed by atoms with Gasteiger partial charge in [-0.05, 0) is 50.1 Å². The largest absolute Gasteiger partial charge is 0.317 e. The SMILES string of the molecule is CNC1CCC(C)(C)CC1CN(C)CC(C)(C)C. The number of hydrogen-bond acceptors (Lipinski definition) is 2. The molecular weight excluding hydrogens is 220 g/mol. The minimum atomic E-state index is 0.397. The zero-order chi connectivity index (χ0) is 14.0. The molecule has 0 bridgehead atoms. The Morgan fingerprint density at radius 3 is 2.39 bits per heavy atom. The van der Waals surface area contributed by atoms with Crippen LogP contribution in [0.2, 0.25) is 0 Å². The van der Waals surface area contributed by atoms with E-state index in [1.165, 1.54) is 32.4 Å². The molecule has 0 heterocycles. The lowest BCUT2D eigenvalue weighted by atomic mass is 9.69. The second-order valence-electron chi connectivity index (χ2n) is 8.32. The fourth-order valence-corrected chi connectivity index (χ4v) is 3.58. The number of nitrogens with zero attached hydrogens (tertiary/aromatic N) is 1. The second-order valence-corrected chi connectivity index (χ2v) is 8.32. The highest BCUT2D eigenvalue weighted by Gasteiger charge is 2.34. The van der Waals surface area contributed by atoms with Crippen molar-refractivity contribution in [1.82, 2.24) is 10.2 Å². The standard InChI is InChI=1S/C16H34N2/c1-15(2,3)12-18(7)11-13-10-16(4,5)9-8-14(13)17-6/h13-14,17H,8-12H2,1-7H3. The second kappa shape index (κ2) is 5.92. The number of rotatable bonds is 4. The van der Waals surface area contributed by atoms with Gasteiger partial charge in [-0.3, -0.25) is 0 Å². The van der Waals surface area contributed by atoms with Crippen molar-refractivity contribution in [2.45, 2.75) is 59.9 Å². The molecule has 0 aromatic heterocycles. The van der Waals surface area contributed by atoms with Gasteiger partial charge in [0.25, 0.3) is 0 Å². The lowest BCUT2D eigenvalue weighted by Gasteiger charge is -2.42. The molecule has 0 radical (unpaired) electrons.